The number of pyridine rings is 1. The van der Waals surface area contributed by atoms with Gasteiger partial charge in [0.15, 0.2) is 0 Å². The molecule has 0 aliphatic carbocycles. The fraction of sp³-hybridized carbons (Fsp3) is 0.273. The van der Waals surface area contributed by atoms with Crippen LogP contribution < -0.4 is 5.73 Å². The molecule has 0 aromatic carbocycles. The molecule has 0 bridgehead atoms. The lowest BCUT2D eigenvalue weighted by Gasteiger charge is -1.97. The smallest absolute Gasteiger partial charge is 0.131 e. The predicted molar refractivity (Wildman–Crippen MR) is 62.3 cm³/mol. The molecule has 16 heavy (non-hydrogen) atoms. The third-order valence-corrected chi connectivity index (χ3v) is 2.21. The summed E-state index contributed by atoms with van der Waals surface area (Å²) in [5.41, 5.74) is 7.11. The van der Waals surface area contributed by atoms with Crippen molar-refractivity contribution in [3.8, 4) is 11.4 Å². The lowest BCUT2D eigenvalue weighted by Crippen LogP contribution is -1.97. The molecule has 0 saturated heterocycles. The molecule has 2 aromatic rings. The summed E-state index contributed by atoms with van der Waals surface area (Å²) in [5.74, 6) is 0.491. The number of anilines is 1. The summed E-state index contributed by atoms with van der Waals surface area (Å²) in [4.78, 5) is 4.19. The fourth-order valence-corrected chi connectivity index (χ4v) is 1.39. The lowest BCUT2D eigenvalue weighted by molar-refractivity contribution is 0.562. The third-order valence-electron chi connectivity index (χ3n) is 2.21. The van der Waals surface area contributed by atoms with Crippen LogP contribution in [0, 0.1) is 6.92 Å². The number of unbranched alkanes of at least 4 members (excludes halogenated alkanes) is 1. The van der Waals surface area contributed by atoms with Crippen molar-refractivity contribution in [2.45, 2.75) is 19.4 Å². The fourth-order valence-electron chi connectivity index (χ4n) is 1.39. The molecule has 0 aliphatic rings. The molecule has 5 nitrogen and oxygen atoms in total. The summed E-state index contributed by atoms with van der Waals surface area (Å²) in [7, 11) is 0. The maximum absolute atomic E-state index is 5.61. The molecule has 0 atom stereocenters. The zero-order valence-electron chi connectivity index (χ0n) is 9.00. The number of rotatable bonds is 4. The minimum absolute atomic E-state index is 0.491. The Morgan fingerprint density at radius 3 is 2.94 bits per heavy atom. The first-order valence-electron chi connectivity index (χ1n) is 5.22. The SMILES string of the molecule is [CH2]CCCn1cc(-c2cccc(N)n2)nn1. The second-order valence-corrected chi connectivity index (χ2v) is 3.52. The topological polar surface area (TPSA) is 69.6 Å². The quantitative estimate of drug-likeness (QED) is 0.841. The van der Waals surface area contributed by atoms with Gasteiger partial charge < -0.3 is 5.73 Å². The highest BCUT2D eigenvalue weighted by Gasteiger charge is 2.04. The van der Waals surface area contributed by atoms with Gasteiger partial charge in [0, 0.05) is 6.54 Å². The summed E-state index contributed by atoms with van der Waals surface area (Å²) in [6, 6.07) is 5.47. The second kappa shape index (κ2) is 4.74. The molecule has 0 saturated carbocycles. The van der Waals surface area contributed by atoms with Gasteiger partial charge in [-0.05, 0) is 18.6 Å². The van der Waals surface area contributed by atoms with E-state index in [0.29, 0.717) is 5.82 Å². The van der Waals surface area contributed by atoms with Gasteiger partial charge in [-0.15, -0.1) is 5.10 Å². The largest absolute Gasteiger partial charge is 0.384 e. The molecule has 5 heteroatoms. The van der Waals surface area contributed by atoms with Gasteiger partial charge in [0.05, 0.1) is 11.9 Å². The van der Waals surface area contributed by atoms with Crippen LogP contribution >= 0.6 is 0 Å². The van der Waals surface area contributed by atoms with E-state index in [2.05, 4.69) is 22.2 Å². The Bertz CT molecular complexity index is 463. The Morgan fingerprint density at radius 2 is 2.19 bits per heavy atom. The van der Waals surface area contributed by atoms with Crippen molar-refractivity contribution in [1.29, 1.82) is 0 Å². The number of nitrogens with zero attached hydrogens (tertiary/aromatic N) is 4. The zero-order valence-corrected chi connectivity index (χ0v) is 9.00. The van der Waals surface area contributed by atoms with E-state index < -0.39 is 0 Å². The van der Waals surface area contributed by atoms with Crippen LogP contribution in [0.1, 0.15) is 12.8 Å². The highest BCUT2D eigenvalue weighted by atomic mass is 15.4. The Kier molecular flexibility index (Phi) is 3.14. The first-order valence-corrected chi connectivity index (χ1v) is 5.22. The average Bonchev–Trinajstić information content (AvgIpc) is 2.75. The maximum atomic E-state index is 5.61. The van der Waals surface area contributed by atoms with E-state index in [4.69, 9.17) is 5.73 Å². The van der Waals surface area contributed by atoms with Crippen LogP contribution in [-0.2, 0) is 6.54 Å². The molecule has 0 amide bonds. The normalized spacial score (nSPS) is 10.6. The van der Waals surface area contributed by atoms with Crippen LogP contribution in [-0.4, -0.2) is 20.0 Å². The standard InChI is InChI=1S/C11H14N5/c1-2-3-7-16-8-10(14-15-16)9-5-4-6-11(12)13-9/h4-6,8H,1-3,7H2,(H2,12,13). The van der Waals surface area contributed by atoms with Gasteiger partial charge in [-0.3, -0.25) is 4.68 Å². The Balaban J connectivity index is 2.18. The van der Waals surface area contributed by atoms with Crippen LogP contribution in [0.15, 0.2) is 24.4 Å². The predicted octanol–water partition coefficient (Wildman–Crippen LogP) is 1.54. The van der Waals surface area contributed by atoms with E-state index in [9.17, 15) is 0 Å². The number of hydrogen-bond donors (Lipinski definition) is 1. The molecule has 1 radical (unpaired) electrons. The highest BCUT2D eigenvalue weighted by molar-refractivity contribution is 5.54. The van der Waals surface area contributed by atoms with Gasteiger partial charge in [0.1, 0.15) is 11.5 Å². The van der Waals surface area contributed by atoms with Crippen molar-refractivity contribution in [2.24, 2.45) is 0 Å². The molecule has 2 aromatic heterocycles. The minimum atomic E-state index is 0.491. The third kappa shape index (κ3) is 2.36. The first kappa shape index (κ1) is 10.6. The molecule has 2 rings (SSSR count). The van der Waals surface area contributed by atoms with Crippen LogP contribution in [0.2, 0.25) is 0 Å². The van der Waals surface area contributed by atoms with Gasteiger partial charge >= 0.3 is 0 Å². The van der Waals surface area contributed by atoms with E-state index in [1.807, 2.05) is 18.3 Å². The highest BCUT2D eigenvalue weighted by Crippen LogP contribution is 2.14. The molecule has 0 fully saturated rings. The van der Waals surface area contributed by atoms with Crippen LogP contribution in [0.4, 0.5) is 5.82 Å². The van der Waals surface area contributed by atoms with Crippen molar-refractivity contribution in [3.63, 3.8) is 0 Å². The minimum Gasteiger partial charge on any atom is -0.384 e. The second-order valence-electron chi connectivity index (χ2n) is 3.52. The first-order chi connectivity index (χ1) is 7.79. The van der Waals surface area contributed by atoms with Gasteiger partial charge in [0.2, 0.25) is 0 Å². The molecule has 0 spiro atoms. The summed E-state index contributed by atoms with van der Waals surface area (Å²) in [6.07, 6.45) is 3.76. The zero-order chi connectivity index (χ0) is 11.4. The van der Waals surface area contributed by atoms with Crippen molar-refractivity contribution in [3.05, 3.63) is 31.3 Å². The molecule has 0 unspecified atom stereocenters. The monoisotopic (exact) mass is 216 g/mol. The lowest BCUT2D eigenvalue weighted by atomic mass is 10.3. The van der Waals surface area contributed by atoms with E-state index in [1.54, 1.807) is 10.7 Å². The van der Waals surface area contributed by atoms with Crippen molar-refractivity contribution in [1.82, 2.24) is 20.0 Å². The van der Waals surface area contributed by atoms with Crippen LogP contribution in [0.25, 0.3) is 11.4 Å². The van der Waals surface area contributed by atoms with Crippen LogP contribution in [0.3, 0.4) is 0 Å². The number of hydrogen-bond acceptors (Lipinski definition) is 4. The van der Waals surface area contributed by atoms with E-state index >= 15 is 0 Å². The number of nitrogen functional groups attached to an aromatic ring is 1. The molecule has 2 N–H and O–H groups in total. The van der Waals surface area contributed by atoms with E-state index in [-0.39, 0.29) is 0 Å². The summed E-state index contributed by atoms with van der Waals surface area (Å²) in [6.45, 7) is 4.62. The molecule has 83 valence electrons. The number of nitrogens with two attached hydrogens (primary N) is 1. The van der Waals surface area contributed by atoms with Crippen molar-refractivity contribution >= 4 is 5.82 Å². The Labute approximate surface area is 94.3 Å². The van der Waals surface area contributed by atoms with Gasteiger partial charge in [-0.2, -0.15) is 0 Å². The Hall–Kier alpha value is -1.91. The van der Waals surface area contributed by atoms with E-state index in [0.717, 1.165) is 30.8 Å². The maximum Gasteiger partial charge on any atom is 0.131 e. The molecular formula is C11H14N5. The molecular weight excluding hydrogens is 202 g/mol. The van der Waals surface area contributed by atoms with Crippen LogP contribution in [0.5, 0.6) is 0 Å². The molecule has 2 heterocycles. The van der Waals surface area contributed by atoms with E-state index in [1.165, 1.54) is 0 Å². The van der Waals surface area contributed by atoms with Crippen molar-refractivity contribution in [2.75, 3.05) is 5.73 Å². The summed E-state index contributed by atoms with van der Waals surface area (Å²) < 4.78 is 1.80. The average molecular weight is 216 g/mol. The number of aromatic nitrogens is 4. The van der Waals surface area contributed by atoms with Gasteiger partial charge in [0.25, 0.3) is 0 Å². The number of aryl methyl sites for hydroxylation is 1. The summed E-state index contributed by atoms with van der Waals surface area (Å²) in [5, 5.41) is 8.07. The van der Waals surface area contributed by atoms with Gasteiger partial charge in [-0.25, -0.2) is 4.98 Å². The Morgan fingerprint density at radius 1 is 1.31 bits per heavy atom. The summed E-state index contributed by atoms with van der Waals surface area (Å²) >= 11 is 0. The van der Waals surface area contributed by atoms with Gasteiger partial charge in [-0.1, -0.05) is 24.6 Å². The molecule has 0 aliphatic heterocycles. The van der Waals surface area contributed by atoms with Crippen molar-refractivity contribution < 1.29 is 0 Å².